The quantitative estimate of drug-likeness (QED) is 0.677. The predicted octanol–water partition coefficient (Wildman–Crippen LogP) is 2.33. The molecule has 0 bridgehead atoms. The molecule has 10 heteroatoms. The molecule has 0 radical (unpaired) electrons. The smallest absolute Gasteiger partial charge is 0.321 e. The van der Waals surface area contributed by atoms with E-state index in [9.17, 15) is 22.4 Å². The predicted molar refractivity (Wildman–Crippen MR) is 97.2 cm³/mol. The zero-order valence-corrected chi connectivity index (χ0v) is 15.7. The molecule has 0 aliphatic carbocycles. The fraction of sp³-hybridized carbons (Fsp3) is 0.176. The van der Waals surface area contributed by atoms with Gasteiger partial charge in [-0.1, -0.05) is 11.6 Å². The van der Waals surface area contributed by atoms with Crippen LogP contribution in [0.4, 0.5) is 10.1 Å². The Labute approximate surface area is 160 Å². The number of hydrogen-bond acceptors (Lipinski definition) is 5. The summed E-state index contributed by atoms with van der Waals surface area (Å²) in [5.74, 6) is -2.12. The molecule has 0 aliphatic heterocycles. The van der Waals surface area contributed by atoms with Gasteiger partial charge in [-0.2, -0.15) is 4.72 Å². The van der Waals surface area contributed by atoms with Gasteiger partial charge >= 0.3 is 5.97 Å². The number of rotatable bonds is 7. The average Bonchev–Trinajstić information content (AvgIpc) is 2.62. The fourth-order valence-electron chi connectivity index (χ4n) is 1.92. The molecule has 144 valence electrons. The molecule has 0 saturated heterocycles. The molecule has 0 fully saturated rings. The van der Waals surface area contributed by atoms with Gasteiger partial charge in [0, 0.05) is 10.7 Å². The van der Waals surface area contributed by atoms with E-state index >= 15 is 0 Å². The van der Waals surface area contributed by atoms with Crippen LogP contribution in [-0.2, 0) is 24.3 Å². The van der Waals surface area contributed by atoms with Gasteiger partial charge in [-0.05, 0) is 55.5 Å². The van der Waals surface area contributed by atoms with Crippen molar-refractivity contribution in [3.05, 3.63) is 59.4 Å². The van der Waals surface area contributed by atoms with Crippen LogP contribution < -0.4 is 10.0 Å². The molecule has 7 nitrogen and oxygen atoms in total. The van der Waals surface area contributed by atoms with Crippen molar-refractivity contribution in [3.8, 4) is 0 Å². The first-order valence-corrected chi connectivity index (χ1v) is 9.54. The first kappa shape index (κ1) is 20.8. The number of halogens is 2. The lowest BCUT2D eigenvalue weighted by Crippen LogP contribution is -2.35. The van der Waals surface area contributed by atoms with E-state index in [2.05, 4.69) is 5.32 Å². The van der Waals surface area contributed by atoms with Crippen LogP contribution in [-0.4, -0.2) is 32.9 Å². The van der Waals surface area contributed by atoms with E-state index in [1.807, 2.05) is 4.72 Å². The molecular formula is C17H16ClFN2O5S. The number of sulfonamides is 1. The van der Waals surface area contributed by atoms with E-state index < -0.39 is 40.4 Å². The second-order valence-electron chi connectivity index (χ2n) is 5.41. The van der Waals surface area contributed by atoms with Crippen LogP contribution in [0.2, 0.25) is 5.02 Å². The largest absolute Gasteiger partial charge is 0.452 e. The molecule has 1 amide bonds. The molecule has 2 rings (SSSR count). The minimum atomic E-state index is -4.01. The van der Waals surface area contributed by atoms with Crippen molar-refractivity contribution in [2.24, 2.45) is 0 Å². The van der Waals surface area contributed by atoms with Crippen LogP contribution in [0.15, 0.2) is 53.4 Å². The highest BCUT2D eigenvalue weighted by atomic mass is 35.5. The molecule has 1 atom stereocenters. The molecular weight excluding hydrogens is 399 g/mol. The molecule has 0 heterocycles. The van der Waals surface area contributed by atoms with Crippen LogP contribution in [0.25, 0.3) is 0 Å². The number of anilines is 1. The van der Waals surface area contributed by atoms with Crippen LogP contribution in [0.3, 0.4) is 0 Å². The highest BCUT2D eigenvalue weighted by Crippen LogP contribution is 2.14. The molecule has 0 aromatic heterocycles. The van der Waals surface area contributed by atoms with Gasteiger partial charge in [-0.15, -0.1) is 0 Å². The first-order chi connectivity index (χ1) is 12.7. The summed E-state index contributed by atoms with van der Waals surface area (Å²) in [6, 6.07) is 10.4. The number of hydrogen-bond donors (Lipinski definition) is 2. The maximum atomic E-state index is 12.9. The highest BCUT2D eigenvalue weighted by molar-refractivity contribution is 7.89. The molecule has 2 aromatic carbocycles. The molecule has 2 N–H and O–H groups in total. The van der Waals surface area contributed by atoms with Crippen molar-refractivity contribution < 1.29 is 27.1 Å². The number of amides is 1. The normalized spacial score (nSPS) is 12.3. The standard InChI is InChI=1S/C17H16ClFN2O5S/c1-11(17(23)21-14-6-2-12(18)3-7-14)26-16(22)10-20-27(24,25)15-8-4-13(19)5-9-15/h2-9,11,20H,10H2,1H3,(H,21,23)/t11-/m1/s1. The van der Waals surface area contributed by atoms with Gasteiger partial charge in [0.15, 0.2) is 6.10 Å². The topological polar surface area (TPSA) is 102 Å². The SMILES string of the molecule is C[C@@H](OC(=O)CNS(=O)(=O)c1ccc(F)cc1)C(=O)Nc1ccc(Cl)cc1. The number of ether oxygens (including phenoxy) is 1. The summed E-state index contributed by atoms with van der Waals surface area (Å²) in [5, 5.41) is 3.03. The summed E-state index contributed by atoms with van der Waals surface area (Å²) in [4.78, 5) is 23.6. The van der Waals surface area contributed by atoms with Crippen LogP contribution in [0, 0.1) is 5.82 Å². The summed E-state index contributed by atoms with van der Waals surface area (Å²) in [5.41, 5.74) is 0.462. The van der Waals surface area contributed by atoms with Gasteiger partial charge in [0.1, 0.15) is 12.4 Å². The van der Waals surface area contributed by atoms with Crippen molar-refractivity contribution >= 4 is 39.2 Å². The lowest BCUT2D eigenvalue weighted by molar-refractivity contribution is -0.151. The molecule has 27 heavy (non-hydrogen) atoms. The monoisotopic (exact) mass is 414 g/mol. The molecule has 2 aromatic rings. The summed E-state index contributed by atoms with van der Waals surface area (Å²) < 4.78 is 43.8. The Morgan fingerprint density at radius 2 is 1.70 bits per heavy atom. The summed E-state index contributed by atoms with van der Waals surface area (Å²) in [7, 11) is -4.01. The van der Waals surface area contributed by atoms with Gasteiger partial charge < -0.3 is 10.1 Å². The minimum Gasteiger partial charge on any atom is -0.452 e. The summed E-state index contributed by atoms with van der Waals surface area (Å²) in [6.45, 7) is 0.663. The number of benzene rings is 2. The van der Waals surface area contributed by atoms with Gasteiger partial charge in [0.05, 0.1) is 4.90 Å². The van der Waals surface area contributed by atoms with Gasteiger partial charge in [0.2, 0.25) is 10.0 Å². The number of carbonyl (C=O) groups is 2. The third-order valence-electron chi connectivity index (χ3n) is 3.32. The number of nitrogens with one attached hydrogen (secondary N) is 2. The molecule has 0 unspecified atom stereocenters. The number of esters is 1. The Morgan fingerprint density at radius 3 is 2.30 bits per heavy atom. The van der Waals surface area contributed by atoms with Crippen molar-refractivity contribution in [2.45, 2.75) is 17.9 Å². The Bertz CT molecular complexity index is 917. The third kappa shape index (κ3) is 6.31. The number of carbonyl (C=O) groups excluding carboxylic acids is 2. The van der Waals surface area contributed by atoms with Crippen molar-refractivity contribution in [1.29, 1.82) is 0 Å². The van der Waals surface area contributed by atoms with E-state index in [0.29, 0.717) is 10.7 Å². The molecule has 0 saturated carbocycles. The van der Waals surface area contributed by atoms with E-state index in [0.717, 1.165) is 24.3 Å². The Balaban J connectivity index is 1.86. The lowest BCUT2D eigenvalue weighted by Gasteiger charge is -2.14. The third-order valence-corrected chi connectivity index (χ3v) is 4.99. The molecule has 0 aliphatic rings. The second-order valence-corrected chi connectivity index (χ2v) is 7.61. The summed E-state index contributed by atoms with van der Waals surface area (Å²) in [6.07, 6.45) is -1.15. The highest BCUT2D eigenvalue weighted by Gasteiger charge is 2.20. The minimum absolute atomic E-state index is 0.203. The fourth-order valence-corrected chi connectivity index (χ4v) is 3.02. The van der Waals surface area contributed by atoms with E-state index in [4.69, 9.17) is 16.3 Å². The van der Waals surface area contributed by atoms with Crippen LogP contribution >= 0.6 is 11.6 Å². The van der Waals surface area contributed by atoms with Crippen LogP contribution in [0.1, 0.15) is 6.92 Å². The van der Waals surface area contributed by atoms with E-state index in [1.54, 1.807) is 24.3 Å². The maximum Gasteiger partial charge on any atom is 0.321 e. The zero-order valence-electron chi connectivity index (χ0n) is 14.1. The summed E-state index contributed by atoms with van der Waals surface area (Å²) >= 11 is 5.75. The zero-order chi connectivity index (χ0) is 20.0. The van der Waals surface area contributed by atoms with E-state index in [-0.39, 0.29) is 4.90 Å². The Kier molecular flexibility index (Phi) is 6.89. The lowest BCUT2D eigenvalue weighted by atomic mass is 10.3. The van der Waals surface area contributed by atoms with Crippen LogP contribution in [0.5, 0.6) is 0 Å². The maximum absolute atomic E-state index is 12.9. The first-order valence-electron chi connectivity index (χ1n) is 7.68. The Morgan fingerprint density at radius 1 is 1.11 bits per heavy atom. The molecule has 0 spiro atoms. The second kappa shape index (κ2) is 8.94. The van der Waals surface area contributed by atoms with Crippen molar-refractivity contribution in [3.63, 3.8) is 0 Å². The van der Waals surface area contributed by atoms with Gasteiger partial charge in [-0.25, -0.2) is 12.8 Å². The van der Waals surface area contributed by atoms with E-state index in [1.165, 1.54) is 6.92 Å². The Hall–Kier alpha value is -2.49. The van der Waals surface area contributed by atoms with Gasteiger partial charge in [-0.3, -0.25) is 9.59 Å². The van der Waals surface area contributed by atoms with Crippen molar-refractivity contribution in [2.75, 3.05) is 11.9 Å². The van der Waals surface area contributed by atoms with Crippen molar-refractivity contribution in [1.82, 2.24) is 4.72 Å². The van der Waals surface area contributed by atoms with Gasteiger partial charge in [0.25, 0.3) is 5.91 Å². The average molecular weight is 415 g/mol.